The van der Waals surface area contributed by atoms with E-state index in [1.165, 1.54) is 0 Å². The first-order chi connectivity index (χ1) is 6.09. The summed E-state index contributed by atoms with van der Waals surface area (Å²) in [6.45, 7) is 6.66. The predicted octanol–water partition coefficient (Wildman–Crippen LogP) is 0.406. The molecule has 0 atom stereocenters. The van der Waals surface area contributed by atoms with Crippen LogP contribution in [0.15, 0.2) is 0 Å². The summed E-state index contributed by atoms with van der Waals surface area (Å²) in [6, 6.07) is 1.79. The van der Waals surface area contributed by atoms with E-state index in [1.807, 2.05) is 0 Å². The molecule has 0 heterocycles. The SMILES string of the molecule is CC(C)N(C)CCNC1CC(N)C1. The van der Waals surface area contributed by atoms with Gasteiger partial charge in [0.1, 0.15) is 0 Å². The Bertz CT molecular complexity index is 141. The number of nitrogens with two attached hydrogens (primary N) is 1. The van der Waals surface area contributed by atoms with Gasteiger partial charge in [0.15, 0.2) is 0 Å². The van der Waals surface area contributed by atoms with Crippen LogP contribution in [-0.2, 0) is 0 Å². The van der Waals surface area contributed by atoms with Gasteiger partial charge in [-0.1, -0.05) is 0 Å². The van der Waals surface area contributed by atoms with Crippen molar-refractivity contribution in [3.63, 3.8) is 0 Å². The Kier molecular flexibility index (Phi) is 4.16. The molecule has 1 fully saturated rings. The molecule has 3 N–H and O–H groups in total. The standard InChI is InChI=1S/C10H23N3/c1-8(2)13(3)5-4-12-10-6-9(11)7-10/h8-10,12H,4-7,11H2,1-3H3. The number of likely N-dealkylation sites (N-methyl/N-ethyl adjacent to an activating group) is 1. The monoisotopic (exact) mass is 185 g/mol. The van der Waals surface area contributed by atoms with Crippen molar-refractivity contribution < 1.29 is 0 Å². The predicted molar refractivity (Wildman–Crippen MR) is 56.8 cm³/mol. The third kappa shape index (κ3) is 3.63. The molecule has 3 nitrogen and oxygen atoms in total. The van der Waals surface area contributed by atoms with Gasteiger partial charge in [-0.2, -0.15) is 0 Å². The van der Waals surface area contributed by atoms with Crippen molar-refractivity contribution in [2.75, 3.05) is 20.1 Å². The smallest absolute Gasteiger partial charge is 0.0107 e. The number of nitrogens with zero attached hydrogens (tertiary/aromatic N) is 1. The van der Waals surface area contributed by atoms with E-state index in [-0.39, 0.29) is 0 Å². The molecule has 0 aromatic heterocycles. The van der Waals surface area contributed by atoms with Gasteiger partial charge in [-0.25, -0.2) is 0 Å². The van der Waals surface area contributed by atoms with Crippen molar-refractivity contribution in [2.45, 2.75) is 44.8 Å². The van der Waals surface area contributed by atoms with E-state index in [4.69, 9.17) is 5.73 Å². The normalized spacial score (nSPS) is 28.2. The Morgan fingerprint density at radius 1 is 1.46 bits per heavy atom. The summed E-state index contributed by atoms with van der Waals surface area (Å²) < 4.78 is 0. The maximum absolute atomic E-state index is 5.70. The fourth-order valence-electron chi connectivity index (χ4n) is 1.53. The lowest BCUT2D eigenvalue weighted by molar-refractivity contribution is 0.243. The molecule has 0 amide bonds. The second-order valence-electron chi connectivity index (χ2n) is 4.46. The minimum atomic E-state index is 0.459. The van der Waals surface area contributed by atoms with Crippen molar-refractivity contribution in [3.05, 3.63) is 0 Å². The first-order valence-electron chi connectivity index (χ1n) is 5.28. The van der Waals surface area contributed by atoms with Gasteiger partial charge >= 0.3 is 0 Å². The van der Waals surface area contributed by atoms with Crippen LogP contribution in [0.1, 0.15) is 26.7 Å². The molecular formula is C10H23N3. The molecule has 0 radical (unpaired) electrons. The van der Waals surface area contributed by atoms with Crippen LogP contribution in [0.5, 0.6) is 0 Å². The number of rotatable bonds is 5. The Balaban J connectivity index is 1.95. The van der Waals surface area contributed by atoms with E-state index in [2.05, 4.69) is 31.1 Å². The molecule has 13 heavy (non-hydrogen) atoms. The number of nitrogens with one attached hydrogen (secondary N) is 1. The highest BCUT2D eigenvalue weighted by atomic mass is 15.1. The summed E-state index contributed by atoms with van der Waals surface area (Å²) in [4.78, 5) is 2.35. The zero-order valence-electron chi connectivity index (χ0n) is 9.09. The van der Waals surface area contributed by atoms with Crippen LogP contribution in [0.3, 0.4) is 0 Å². The number of hydrogen-bond acceptors (Lipinski definition) is 3. The highest BCUT2D eigenvalue weighted by molar-refractivity contribution is 4.87. The Morgan fingerprint density at radius 2 is 2.08 bits per heavy atom. The van der Waals surface area contributed by atoms with Crippen LogP contribution in [-0.4, -0.2) is 43.2 Å². The molecule has 3 heteroatoms. The Labute approximate surface area is 81.7 Å². The second-order valence-corrected chi connectivity index (χ2v) is 4.46. The minimum absolute atomic E-state index is 0.459. The van der Waals surface area contributed by atoms with Crippen molar-refractivity contribution in [2.24, 2.45) is 5.73 Å². The van der Waals surface area contributed by atoms with Gasteiger partial charge in [-0.15, -0.1) is 0 Å². The van der Waals surface area contributed by atoms with Crippen LogP contribution in [0.4, 0.5) is 0 Å². The first-order valence-corrected chi connectivity index (χ1v) is 5.28. The van der Waals surface area contributed by atoms with E-state index < -0.39 is 0 Å². The van der Waals surface area contributed by atoms with Crippen LogP contribution in [0.2, 0.25) is 0 Å². The molecule has 1 aliphatic rings. The maximum Gasteiger partial charge on any atom is 0.0107 e. The third-order valence-electron chi connectivity index (χ3n) is 2.95. The molecule has 1 saturated carbocycles. The van der Waals surface area contributed by atoms with Gasteiger partial charge in [0.25, 0.3) is 0 Å². The van der Waals surface area contributed by atoms with E-state index in [0.717, 1.165) is 25.9 Å². The largest absolute Gasteiger partial charge is 0.328 e. The van der Waals surface area contributed by atoms with Crippen LogP contribution in [0.25, 0.3) is 0 Å². The summed E-state index contributed by atoms with van der Waals surface area (Å²) >= 11 is 0. The van der Waals surface area contributed by atoms with Crippen molar-refractivity contribution in [1.82, 2.24) is 10.2 Å². The van der Waals surface area contributed by atoms with Gasteiger partial charge in [0.2, 0.25) is 0 Å². The molecule has 1 aliphatic carbocycles. The summed E-state index contributed by atoms with van der Waals surface area (Å²) in [6.07, 6.45) is 2.32. The van der Waals surface area contributed by atoms with Crippen molar-refractivity contribution in [3.8, 4) is 0 Å². The lowest BCUT2D eigenvalue weighted by atomic mass is 9.88. The van der Waals surface area contributed by atoms with E-state index in [0.29, 0.717) is 18.1 Å². The zero-order valence-corrected chi connectivity index (χ0v) is 9.09. The van der Waals surface area contributed by atoms with E-state index in [1.54, 1.807) is 0 Å². The highest BCUT2D eigenvalue weighted by Gasteiger charge is 2.24. The fraction of sp³-hybridized carbons (Fsp3) is 1.00. The summed E-state index contributed by atoms with van der Waals surface area (Å²) in [5.74, 6) is 0. The quantitative estimate of drug-likeness (QED) is 0.652. The Hall–Kier alpha value is -0.120. The molecular weight excluding hydrogens is 162 g/mol. The topological polar surface area (TPSA) is 41.3 Å². The van der Waals surface area contributed by atoms with Crippen LogP contribution < -0.4 is 11.1 Å². The summed E-state index contributed by atoms with van der Waals surface area (Å²) in [5, 5.41) is 3.51. The lowest BCUT2D eigenvalue weighted by Gasteiger charge is -2.34. The highest BCUT2D eigenvalue weighted by Crippen LogP contribution is 2.16. The first kappa shape index (κ1) is 11.0. The molecule has 0 aromatic carbocycles. The zero-order chi connectivity index (χ0) is 9.84. The van der Waals surface area contributed by atoms with Gasteiger partial charge in [0, 0.05) is 31.2 Å². The lowest BCUT2D eigenvalue weighted by Crippen LogP contribution is -2.50. The molecule has 0 bridgehead atoms. The molecule has 0 spiro atoms. The molecule has 0 aliphatic heterocycles. The molecule has 0 unspecified atom stereocenters. The maximum atomic E-state index is 5.70. The fourth-order valence-corrected chi connectivity index (χ4v) is 1.53. The minimum Gasteiger partial charge on any atom is -0.328 e. The van der Waals surface area contributed by atoms with Gasteiger partial charge in [-0.3, -0.25) is 0 Å². The summed E-state index contributed by atoms with van der Waals surface area (Å²) in [7, 11) is 2.17. The average molecular weight is 185 g/mol. The van der Waals surface area contributed by atoms with Gasteiger partial charge in [0.05, 0.1) is 0 Å². The van der Waals surface area contributed by atoms with Crippen LogP contribution >= 0.6 is 0 Å². The van der Waals surface area contributed by atoms with Crippen molar-refractivity contribution >= 4 is 0 Å². The van der Waals surface area contributed by atoms with Crippen LogP contribution in [0, 0.1) is 0 Å². The van der Waals surface area contributed by atoms with Crippen molar-refractivity contribution in [1.29, 1.82) is 0 Å². The molecule has 0 saturated heterocycles. The van der Waals surface area contributed by atoms with E-state index in [9.17, 15) is 0 Å². The second kappa shape index (κ2) is 4.94. The Morgan fingerprint density at radius 3 is 2.54 bits per heavy atom. The third-order valence-corrected chi connectivity index (χ3v) is 2.95. The number of hydrogen-bond donors (Lipinski definition) is 2. The molecule has 1 rings (SSSR count). The average Bonchev–Trinajstić information content (AvgIpc) is 2.00. The van der Waals surface area contributed by atoms with Gasteiger partial charge < -0.3 is 16.0 Å². The van der Waals surface area contributed by atoms with E-state index >= 15 is 0 Å². The molecule has 0 aromatic rings. The van der Waals surface area contributed by atoms with Gasteiger partial charge in [-0.05, 0) is 33.7 Å². The summed E-state index contributed by atoms with van der Waals surface area (Å²) in [5.41, 5.74) is 5.70. The molecule has 78 valence electrons.